The molecule has 0 aliphatic heterocycles. The summed E-state index contributed by atoms with van der Waals surface area (Å²) in [6.45, 7) is 0. The number of alkyl halides is 6. The number of hydrogen-bond acceptors (Lipinski definition) is 0. The van der Waals surface area contributed by atoms with Crippen LogP contribution in [-0.2, 0) is 0 Å². The third-order valence-corrected chi connectivity index (χ3v) is 5.65. The van der Waals surface area contributed by atoms with Crippen LogP contribution in [-0.4, -0.2) is 19.4 Å². The van der Waals surface area contributed by atoms with Gasteiger partial charge in [-0.25, -0.2) is 0 Å². The molecule has 0 bridgehead atoms. The Labute approximate surface area is 88.6 Å². The quantitative estimate of drug-likeness (QED) is 0.586. The maximum Gasteiger partial charge on any atom is 0.170 e. The van der Waals surface area contributed by atoms with Crippen molar-refractivity contribution >= 4 is 69.6 Å². The van der Waals surface area contributed by atoms with Gasteiger partial charge in [0, 0.05) is 0 Å². The molecular weight excluding hydrogens is 261 g/mol. The van der Waals surface area contributed by atoms with Gasteiger partial charge in [-0.2, -0.15) is 0 Å². The first-order valence-corrected chi connectivity index (χ1v) is 4.74. The first-order chi connectivity index (χ1) is 4.32. The second kappa shape index (κ2) is 2.61. The molecule has 0 radical (unpaired) electrons. The zero-order chi connectivity index (χ0) is 8.15. The van der Waals surface area contributed by atoms with Gasteiger partial charge in [-0.1, -0.05) is 46.4 Å². The highest BCUT2D eigenvalue weighted by molar-refractivity contribution is 6.70. The molecule has 10 heavy (non-hydrogen) atoms. The summed E-state index contributed by atoms with van der Waals surface area (Å²) in [5, 5.41) is -1.21. The lowest BCUT2D eigenvalue weighted by molar-refractivity contribution is 0.451. The Morgan fingerprint density at radius 3 is 1.00 bits per heavy atom. The maximum absolute atomic E-state index is 5.63. The molecule has 0 heterocycles. The van der Waals surface area contributed by atoms with Crippen molar-refractivity contribution in [3.05, 3.63) is 0 Å². The topological polar surface area (TPSA) is 0 Å². The van der Waals surface area contributed by atoms with Gasteiger partial charge < -0.3 is 0 Å². The molecular formula is C4H2Cl6. The van der Waals surface area contributed by atoms with E-state index in [4.69, 9.17) is 69.6 Å². The monoisotopic (exact) mass is 260 g/mol. The van der Waals surface area contributed by atoms with Crippen LogP contribution in [0.3, 0.4) is 0 Å². The fraction of sp³-hybridized carbons (Fsp3) is 1.00. The number of hydrogen-bond donors (Lipinski definition) is 0. The summed E-state index contributed by atoms with van der Waals surface area (Å²) in [7, 11) is 0. The molecule has 1 aliphatic carbocycles. The minimum Gasteiger partial charge on any atom is -0.118 e. The molecule has 6 heteroatoms. The van der Waals surface area contributed by atoms with Crippen LogP contribution < -0.4 is 0 Å². The molecule has 1 fully saturated rings. The molecule has 2 unspecified atom stereocenters. The smallest absolute Gasteiger partial charge is 0.118 e. The third kappa shape index (κ3) is 1.04. The van der Waals surface area contributed by atoms with E-state index < -0.39 is 19.4 Å². The van der Waals surface area contributed by atoms with E-state index in [9.17, 15) is 0 Å². The van der Waals surface area contributed by atoms with Crippen LogP contribution in [0.4, 0.5) is 0 Å². The summed E-state index contributed by atoms with van der Waals surface area (Å²) in [6, 6.07) is 0. The van der Waals surface area contributed by atoms with Crippen molar-refractivity contribution in [2.24, 2.45) is 0 Å². The minimum absolute atomic E-state index is 0.604. The molecule has 0 aromatic carbocycles. The van der Waals surface area contributed by atoms with Crippen molar-refractivity contribution in [2.45, 2.75) is 19.4 Å². The Hall–Kier alpha value is 1.74. The highest BCUT2D eigenvalue weighted by Crippen LogP contribution is 2.61. The molecule has 0 aromatic rings. The van der Waals surface area contributed by atoms with Crippen LogP contribution in [0.2, 0.25) is 0 Å². The molecule has 0 saturated heterocycles. The lowest BCUT2D eigenvalue weighted by Gasteiger charge is -2.51. The van der Waals surface area contributed by atoms with Crippen molar-refractivity contribution < 1.29 is 0 Å². The highest BCUT2D eigenvalue weighted by Gasteiger charge is 2.69. The van der Waals surface area contributed by atoms with Crippen LogP contribution in [0.15, 0.2) is 0 Å². The second-order valence-electron chi connectivity index (χ2n) is 2.05. The number of halogens is 6. The van der Waals surface area contributed by atoms with Crippen molar-refractivity contribution in [3.8, 4) is 0 Å². The molecule has 0 spiro atoms. The van der Waals surface area contributed by atoms with Crippen LogP contribution in [0.5, 0.6) is 0 Å². The molecule has 0 amide bonds. The Kier molecular flexibility index (Phi) is 2.57. The summed E-state index contributed by atoms with van der Waals surface area (Å²) in [5.41, 5.74) is 0. The fourth-order valence-corrected chi connectivity index (χ4v) is 2.82. The molecule has 60 valence electrons. The summed E-state index contributed by atoms with van der Waals surface area (Å²) in [6.07, 6.45) is 0. The van der Waals surface area contributed by atoms with E-state index in [2.05, 4.69) is 0 Å². The molecule has 1 rings (SSSR count). The van der Waals surface area contributed by atoms with Gasteiger partial charge >= 0.3 is 0 Å². The molecule has 1 aliphatic rings. The van der Waals surface area contributed by atoms with Gasteiger partial charge in [0.2, 0.25) is 0 Å². The van der Waals surface area contributed by atoms with Gasteiger partial charge in [0.1, 0.15) is 0 Å². The predicted octanol–water partition coefficient (Wildman–Crippen LogP) is 3.56. The summed E-state index contributed by atoms with van der Waals surface area (Å²) >= 11 is 33.7. The van der Waals surface area contributed by atoms with Gasteiger partial charge in [0.25, 0.3) is 0 Å². The maximum atomic E-state index is 5.63. The zero-order valence-electron chi connectivity index (χ0n) is 4.42. The normalized spacial score (nSPS) is 42.6. The zero-order valence-corrected chi connectivity index (χ0v) is 8.96. The van der Waals surface area contributed by atoms with Crippen molar-refractivity contribution in [1.82, 2.24) is 0 Å². The van der Waals surface area contributed by atoms with Gasteiger partial charge in [-0.15, -0.1) is 23.2 Å². The predicted molar refractivity (Wildman–Crippen MR) is 48.2 cm³/mol. The Balaban J connectivity index is 2.82. The average molecular weight is 263 g/mol. The minimum atomic E-state index is -1.34. The van der Waals surface area contributed by atoms with Gasteiger partial charge in [-0.3, -0.25) is 0 Å². The van der Waals surface area contributed by atoms with E-state index in [0.717, 1.165) is 0 Å². The highest BCUT2D eigenvalue weighted by atomic mass is 35.5. The van der Waals surface area contributed by atoms with Crippen LogP contribution >= 0.6 is 69.6 Å². The Morgan fingerprint density at radius 2 is 0.900 bits per heavy atom. The summed E-state index contributed by atoms with van der Waals surface area (Å²) in [5.74, 6) is 0. The first-order valence-electron chi connectivity index (χ1n) is 2.35. The lowest BCUT2D eigenvalue weighted by atomic mass is 9.95. The third-order valence-electron chi connectivity index (χ3n) is 1.39. The van der Waals surface area contributed by atoms with E-state index in [1.165, 1.54) is 0 Å². The van der Waals surface area contributed by atoms with E-state index in [1.807, 2.05) is 0 Å². The van der Waals surface area contributed by atoms with Gasteiger partial charge in [0.15, 0.2) is 8.67 Å². The molecule has 2 atom stereocenters. The Morgan fingerprint density at radius 1 is 0.700 bits per heavy atom. The van der Waals surface area contributed by atoms with E-state index in [0.29, 0.717) is 0 Å². The van der Waals surface area contributed by atoms with Crippen LogP contribution in [0.25, 0.3) is 0 Å². The average Bonchev–Trinajstić information content (AvgIpc) is 1.84. The molecule has 1 saturated carbocycles. The van der Waals surface area contributed by atoms with E-state index in [-0.39, 0.29) is 0 Å². The lowest BCUT2D eigenvalue weighted by Crippen LogP contribution is -2.66. The SMILES string of the molecule is ClC1C(Cl)C(Cl)(Cl)C1(Cl)Cl. The molecule has 0 N–H and O–H groups in total. The van der Waals surface area contributed by atoms with Crippen LogP contribution in [0.1, 0.15) is 0 Å². The molecule has 0 aromatic heterocycles. The first kappa shape index (κ1) is 9.83. The second-order valence-corrected chi connectivity index (χ2v) is 5.76. The molecule has 0 nitrogen and oxygen atoms in total. The largest absolute Gasteiger partial charge is 0.170 e. The Bertz CT molecular complexity index is 134. The van der Waals surface area contributed by atoms with Crippen molar-refractivity contribution in [3.63, 3.8) is 0 Å². The van der Waals surface area contributed by atoms with Gasteiger partial charge in [0.05, 0.1) is 10.8 Å². The van der Waals surface area contributed by atoms with E-state index >= 15 is 0 Å². The standard InChI is InChI=1S/C4H2Cl6/c5-1-2(6)4(9,10)3(1,7)8/h1-2H. The number of rotatable bonds is 0. The fourth-order valence-electron chi connectivity index (χ4n) is 0.639. The van der Waals surface area contributed by atoms with Crippen LogP contribution in [0, 0.1) is 0 Å². The summed E-state index contributed by atoms with van der Waals surface area (Å²) < 4.78 is -2.69. The summed E-state index contributed by atoms with van der Waals surface area (Å²) in [4.78, 5) is 0. The van der Waals surface area contributed by atoms with E-state index in [1.54, 1.807) is 0 Å². The van der Waals surface area contributed by atoms with Crippen molar-refractivity contribution in [1.29, 1.82) is 0 Å². The van der Waals surface area contributed by atoms with Crippen molar-refractivity contribution in [2.75, 3.05) is 0 Å². The van der Waals surface area contributed by atoms with Gasteiger partial charge in [-0.05, 0) is 0 Å².